The summed E-state index contributed by atoms with van der Waals surface area (Å²) in [5, 5.41) is 9.25. The minimum atomic E-state index is -0.106. The van der Waals surface area contributed by atoms with Gasteiger partial charge in [0.2, 0.25) is 0 Å². The lowest BCUT2D eigenvalue weighted by atomic mass is 9.98. The number of hydrogen-bond donors (Lipinski definition) is 0. The van der Waals surface area contributed by atoms with Crippen molar-refractivity contribution < 1.29 is 4.74 Å². The van der Waals surface area contributed by atoms with E-state index in [1.807, 2.05) is 42.5 Å². The van der Waals surface area contributed by atoms with Gasteiger partial charge in [0.05, 0.1) is 18.6 Å². The Hall–Kier alpha value is -2.27. The summed E-state index contributed by atoms with van der Waals surface area (Å²) in [7, 11) is 0. The van der Waals surface area contributed by atoms with E-state index < -0.39 is 0 Å². The van der Waals surface area contributed by atoms with Crippen molar-refractivity contribution in [1.29, 1.82) is 5.26 Å². The van der Waals surface area contributed by atoms with Gasteiger partial charge < -0.3 is 4.74 Å². The normalized spacial score (nSPS) is 11.6. The Kier molecular flexibility index (Phi) is 5.20. The Balaban J connectivity index is 1.90. The Bertz CT molecular complexity index is 571. The van der Waals surface area contributed by atoms with Crippen molar-refractivity contribution in [1.82, 2.24) is 0 Å². The van der Waals surface area contributed by atoms with Gasteiger partial charge >= 0.3 is 0 Å². The summed E-state index contributed by atoms with van der Waals surface area (Å²) in [4.78, 5) is 0. The Labute approximate surface area is 120 Å². The quantitative estimate of drug-likeness (QED) is 0.779. The lowest BCUT2D eigenvalue weighted by molar-refractivity contribution is 0.305. The molecule has 1 atom stereocenters. The van der Waals surface area contributed by atoms with E-state index in [2.05, 4.69) is 25.1 Å². The molecule has 2 aromatic carbocycles. The maximum Gasteiger partial charge on any atom is 0.119 e. The van der Waals surface area contributed by atoms with Gasteiger partial charge in [-0.15, -0.1) is 0 Å². The van der Waals surface area contributed by atoms with Crippen LogP contribution in [-0.2, 0) is 6.42 Å². The second-order valence-corrected chi connectivity index (χ2v) is 4.73. The second-order valence-electron chi connectivity index (χ2n) is 4.73. The highest BCUT2D eigenvalue weighted by atomic mass is 16.5. The molecule has 0 spiro atoms. The first-order valence-electron chi connectivity index (χ1n) is 6.99. The van der Waals surface area contributed by atoms with Crippen LogP contribution in [0, 0.1) is 11.3 Å². The summed E-state index contributed by atoms with van der Waals surface area (Å²) < 4.78 is 5.75. The molecule has 2 heteroatoms. The third-order valence-electron chi connectivity index (χ3n) is 3.34. The summed E-state index contributed by atoms with van der Waals surface area (Å²) in [6.45, 7) is 2.68. The lowest BCUT2D eigenvalue weighted by Gasteiger charge is -2.11. The van der Waals surface area contributed by atoms with Gasteiger partial charge in [0.25, 0.3) is 0 Å². The van der Waals surface area contributed by atoms with Gasteiger partial charge in [0.15, 0.2) is 0 Å². The molecule has 0 heterocycles. The second kappa shape index (κ2) is 7.35. The number of aryl methyl sites for hydroxylation is 1. The fraction of sp³-hybridized carbons (Fsp3) is 0.278. The van der Waals surface area contributed by atoms with Crippen LogP contribution in [0.4, 0.5) is 0 Å². The van der Waals surface area contributed by atoms with Crippen molar-refractivity contribution in [3.05, 3.63) is 65.7 Å². The zero-order chi connectivity index (χ0) is 14.2. The number of hydrogen-bond acceptors (Lipinski definition) is 2. The van der Waals surface area contributed by atoms with Crippen LogP contribution >= 0.6 is 0 Å². The highest BCUT2D eigenvalue weighted by molar-refractivity contribution is 5.28. The van der Waals surface area contributed by atoms with Crippen LogP contribution in [0.2, 0.25) is 0 Å². The molecule has 0 fully saturated rings. The molecule has 0 saturated heterocycles. The predicted octanol–water partition coefficient (Wildman–Crippen LogP) is 4.33. The standard InChI is InChI=1S/C18H19NO/c1-2-15-7-6-10-18(13-15)20-12-11-17(14-19)16-8-4-3-5-9-16/h3-10,13,17H,2,11-12H2,1H3. The molecule has 0 aliphatic heterocycles. The summed E-state index contributed by atoms with van der Waals surface area (Å²) >= 11 is 0. The number of benzene rings is 2. The van der Waals surface area contributed by atoms with Crippen LogP contribution in [-0.4, -0.2) is 6.61 Å². The molecule has 2 rings (SSSR count). The van der Waals surface area contributed by atoms with Crippen LogP contribution in [0.15, 0.2) is 54.6 Å². The third kappa shape index (κ3) is 3.86. The third-order valence-corrected chi connectivity index (χ3v) is 3.34. The SMILES string of the molecule is CCc1cccc(OCCC(C#N)c2ccccc2)c1. The molecule has 0 N–H and O–H groups in total. The number of nitrogens with zero attached hydrogens (tertiary/aromatic N) is 1. The zero-order valence-electron chi connectivity index (χ0n) is 11.8. The van der Waals surface area contributed by atoms with Gasteiger partial charge in [-0.2, -0.15) is 5.26 Å². The first kappa shape index (κ1) is 14.1. The van der Waals surface area contributed by atoms with E-state index in [-0.39, 0.29) is 5.92 Å². The van der Waals surface area contributed by atoms with Crippen molar-refractivity contribution in [3.8, 4) is 11.8 Å². The molecule has 2 nitrogen and oxygen atoms in total. The van der Waals surface area contributed by atoms with Crippen LogP contribution in [0.25, 0.3) is 0 Å². The number of ether oxygens (including phenoxy) is 1. The van der Waals surface area contributed by atoms with Gasteiger partial charge in [0, 0.05) is 6.42 Å². The molecule has 0 saturated carbocycles. The summed E-state index contributed by atoms with van der Waals surface area (Å²) in [6, 6.07) is 20.3. The number of nitriles is 1. The van der Waals surface area contributed by atoms with Crippen molar-refractivity contribution >= 4 is 0 Å². The van der Waals surface area contributed by atoms with Crippen molar-refractivity contribution in [2.75, 3.05) is 6.61 Å². The van der Waals surface area contributed by atoms with E-state index >= 15 is 0 Å². The molecule has 1 unspecified atom stereocenters. The molecule has 0 radical (unpaired) electrons. The van der Waals surface area contributed by atoms with Gasteiger partial charge in [0.1, 0.15) is 5.75 Å². The van der Waals surface area contributed by atoms with E-state index in [0.29, 0.717) is 13.0 Å². The highest BCUT2D eigenvalue weighted by Crippen LogP contribution is 2.20. The molecule has 0 amide bonds. The van der Waals surface area contributed by atoms with Crippen LogP contribution in [0.5, 0.6) is 5.75 Å². The minimum Gasteiger partial charge on any atom is -0.494 e. The fourth-order valence-corrected chi connectivity index (χ4v) is 2.14. The molecular weight excluding hydrogens is 246 g/mol. The van der Waals surface area contributed by atoms with Crippen LogP contribution < -0.4 is 4.74 Å². The lowest BCUT2D eigenvalue weighted by Crippen LogP contribution is -2.04. The van der Waals surface area contributed by atoms with E-state index in [9.17, 15) is 5.26 Å². The summed E-state index contributed by atoms with van der Waals surface area (Å²) in [5.74, 6) is 0.777. The molecule has 2 aromatic rings. The smallest absolute Gasteiger partial charge is 0.119 e. The maximum atomic E-state index is 9.25. The van der Waals surface area contributed by atoms with Crippen LogP contribution in [0.3, 0.4) is 0 Å². The van der Waals surface area contributed by atoms with E-state index in [1.54, 1.807) is 0 Å². The van der Waals surface area contributed by atoms with Gasteiger partial charge in [-0.25, -0.2) is 0 Å². The van der Waals surface area contributed by atoms with E-state index in [1.165, 1.54) is 5.56 Å². The number of rotatable bonds is 6. The van der Waals surface area contributed by atoms with E-state index in [0.717, 1.165) is 17.7 Å². The van der Waals surface area contributed by atoms with E-state index in [4.69, 9.17) is 4.74 Å². The van der Waals surface area contributed by atoms with Crippen molar-refractivity contribution in [3.63, 3.8) is 0 Å². The highest BCUT2D eigenvalue weighted by Gasteiger charge is 2.10. The maximum absolute atomic E-state index is 9.25. The summed E-state index contributed by atoms with van der Waals surface area (Å²) in [5.41, 5.74) is 2.32. The van der Waals surface area contributed by atoms with Crippen molar-refractivity contribution in [2.24, 2.45) is 0 Å². The molecule has 0 aliphatic rings. The molecular formula is C18H19NO. The largest absolute Gasteiger partial charge is 0.494 e. The molecule has 102 valence electrons. The summed E-state index contributed by atoms with van der Waals surface area (Å²) in [6.07, 6.45) is 1.71. The van der Waals surface area contributed by atoms with Gasteiger partial charge in [-0.3, -0.25) is 0 Å². The zero-order valence-corrected chi connectivity index (χ0v) is 11.8. The van der Waals surface area contributed by atoms with Crippen LogP contribution in [0.1, 0.15) is 30.4 Å². The first-order chi connectivity index (χ1) is 9.83. The minimum absolute atomic E-state index is 0.106. The van der Waals surface area contributed by atoms with Crippen molar-refractivity contribution in [2.45, 2.75) is 25.7 Å². The Morgan fingerprint density at radius 3 is 2.60 bits per heavy atom. The average molecular weight is 265 g/mol. The molecule has 0 aromatic heterocycles. The molecule has 0 bridgehead atoms. The Morgan fingerprint density at radius 2 is 1.90 bits per heavy atom. The molecule has 20 heavy (non-hydrogen) atoms. The molecule has 0 aliphatic carbocycles. The van der Waals surface area contributed by atoms with Gasteiger partial charge in [-0.05, 0) is 29.7 Å². The fourth-order valence-electron chi connectivity index (χ4n) is 2.14. The topological polar surface area (TPSA) is 33.0 Å². The van der Waals surface area contributed by atoms with Gasteiger partial charge in [-0.1, -0.05) is 49.4 Å². The first-order valence-corrected chi connectivity index (χ1v) is 6.99. The Morgan fingerprint density at radius 1 is 1.10 bits per heavy atom. The monoisotopic (exact) mass is 265 g/mol. The average Bonchev–Trinajstić information content (AvgIpc) is 2.52. The predicted molar refractivity (Wildman–Crippen MR) is 80.7 cm³/mol.